The van der Waals surface area contributed by atoms with E-state index in [-0.39, 0.29) is 11.3 Å². The van der Waals surface area contributed by atoms with Crippen molar-refractivity contribution in [3.8, 4) is 17.0 Å². The molecule has 1 aromatic carbocycles. The number of halogens is 2. The SMILES string of the molecule is NC(=O)c1cc(-c2csc(Cc3cn4cc(Cl)cc(Cl)c4n3)n2)ccc1O. The van der Waals surface area contributed by atoms with Crippen LogP contribution in [0.4, 0.5) is 0 Å². The Bertz CT molecular complexity index is 1190. The normalized spacial score (nSPS) is 11.2. The summed E-state index contributed by atoms with van der Waals surface area (Å²) in [5, 5.41) is 13.5. The maximum absolute atomic E-state index is 11.4. The van der Waals surface area contributed by atoms with E-state index < -0.39 is 5.91 Å². The fraction of sp³-hybridized carbons (Fsp3) is 0.0556. The zero-order valence-electron chi connectivity index (χ0n) is 13.7. The summed E-state index contributed by atoms with van der Waals surface area (Å²) in [5.41, 5.74) is 8.19. The zero-order chi connectivity index (χ0) is 19.1. The molecule has 3 aromatic heterocycles. The number of hydrogen-bond donors (Lipinski definition) is 2. The Balaban J connectivity index is 1.63. The molecule has 0 atom stereocenters. The highest BCUT2D eigenvalue weighted by Gasteiger charge is 2.13. The maximum atomic E-state index is 11.4. The molecule has 0 saturated carbocycles. The van der Waals surface area contributed by atoms with E-state index in [1.807, 2.05) is 11.6 Å². The molecule has 0 aliphatic rings. The fourth-order valence-corrected chi connectivity index (χ4v) is 4.08. The van der Waals surface area contributed by atoms with Crippen LogP contribution in [0.25, 0.3) is 16.9 Å². The molecule has 0 bridgehead atoms. The second kappa shape index (κ2) is 6.84. The Kier molecular flexibility index (Phi) is 4.51. The molecule has 6 nitrogen and oxygen atoms in total. The molecule has 0 radical (unpaired) electrons. The summed E-state index contributed by atoms with van der Waals surface area (Å²) in [6.07, 6.45) is 4.13. The highest BCUT2D eigenvalue weighted by atomic mass is 35.5. The van der Waals surface area contributed by atoms with Gasteiger partial charge in [0.25, 0.3) is 5.91 Å². The first-order chi connectivity index (χ1) is 12.9. The summed E-state index contributed by atoms with van der Waals surface area (Å²) in [4.78, 5) is 20.5. The number of phenols is 1. The summed E-state index contributed by atoms with van der Waals surface area (Å²) in [6.45, 7) is 0. The minimum Gasteiger partial charge on any atom is -0.507 e. The number of aromatic nitrogens is 3. The van der Waals surface area contributed by atoms with Gasteiger partial charge in [0.15, 0.2) is 5.65 Å². The maximum Gasteiger partial charge on any atom is 0.252 e. The van der Waals surface area contributed by atoms with Crippen LogP contribution in [-0.4, -0.2) is 25.4 Å². The third-order valence-corrected chi connectivity index (χ3v) is 5.30. The first kappa shape index (κ1) is 17.8. The minimum absolute atomic E-state index is 0.0638. The molecule has 3 heterocycles. The van der Waals surface area contributed by atoms with Crippen LogP contribution < -0.4 is 5.73 Å². The van der Waals surface area contributed by atoms with Crippen molar-refractivity contribution in [3.63, 3.8) is 0 Å². The van der Waals surface area contributed by atoms with E-state index >= 15 is 0 Å². The lowest BCUT2D eigenvalue weighted by atomic mass is 10.1. The number of fused-ring (bicyclic) bond motifs is 1. The predicted molar refractivity (Wildman–Crippen MR) is 106 cm³/mol. The van der Waals surface area contributed by atoms with Gasteiger partial charge in [0.05, 0.1) is 32.0 Å². The van der Waals surface area contributed by atoms with Gasteiger partial charge in [-0.1, -0.05) is 23.2 Å². The molecule has 3 N–H and O–H groups in total. The van der Waals surface area contributed by atoms with E-state index in [0.717, 1.165) is 10.7 Å². The van der Waals surface area contributed by atoms with Crippen LogP contribution >= 0.6 is 34.5 Å². The van der Waals surface area contributed by atoms with Gasteiger partial charge in [0.2, 0.25) is 0 Å². The van der Waals surface area contributed by atoms with Gasteiger partial charge in [-0.25, -0.2) is 9.97 Å². The van der Waals surface area contributed by atoms with Crippen molar-refractivity contribution in [1.82, 2.24) is 14.4 Å². The first-order valence-corrected chi connectivity index (χ1v) is 9.44. The van der Waals surface area contributed by atoms with E-state index in [2.05, 4.69) is 9.97 Å². The lowest BCUT2D eigenvalue weighted by Crippen LogP contribution is -2.11. The largest absolute Gasteiger partial charge is 0.507 e. The summed E-state index contributed by atoms with van der Waals surface area (Å²) >= 11 is 13.7. The number of nitrogens with two attached hydrogens (primary N) is 1. The molecule has 4 aromatic rings. The molecule has 136 valence electrons. The van der Waals surface area contributed by atoms with Gasteiger partial charge in [-0.2, -0.15) is 0 Å². The van der Waals surface area contributed by atoms with Crippen molar-refractivity contribution in [3.05, 3.63) is 68.3 Å². The van der Waals surface area contributed by atoms with E-state index in [0.29, 0.717) is 33.4 Å². The van der Waals surface area contributed by atoms with Crippen LogP contribution in [0.5, 0.6) is 5.75 Å². The van der Waals surface area contributed by atoms with Crippen LogP contribution in [0.15, 0.2) is 42.0 Å². The van der Waals surface area contributed by atoms with Gasteiger partial charge >= 0.3 is 0 Å². The molecular weight excluding hydrogens is 407 g/mol. The number of rotatable bonds is 4. The molecule has 0 fully saturated rings. The highest BCUT2D eigenvalue weighted by molar-refractivity contribution is 7.10. The molecular formula is C18H12Cl2N4O2S. The van der Waals surface area contributed by atoms with E-state index in [4.69, 9.17) is 28.9 Å². The number of carbonyl (C=O) groups is 1. The molecule has 0 spiro atoms. The number of aromatic hydroxyl groups is 1. The van der Waals surface area contributed by atoms with Crippen LogP contribution in [0.1, 0.15) is 21.1 Å². The van der Waals surface area contributed by atoms with Crippen molar-refractivity contribution in [1.29, 1.82) is 0 Å². The Morgan fingerprint density at radius 3 is 2.81 bits per heavy atom. The molecule has 0 aliphatic heterocycles. The average Bonchev–Trinajstić information content (AvgIpc) is 3.22. The van der Waals surface area contributed by atoms with Gasteiger partial charge in [0.1, 0.15) is 5.75 Å². The standard InChI is InChI=1S/C18H12Cl2N4O2S/c19-10-4-13(20)18-22-11(7-24(18)6-10)5-16-23-14(8-27-16)9-1-2-15(25)12(3-9)17(21)26/h1-4,6-8,25H,5H2,(H2,21,26). The van der Waals surface area contributed by atoms with E-state index in [1.54, 1.807) is 22.7 Å². The quantitative estimate of drug-likeness (QED) is 0.520. The number of primary amides is 1. The van der Waals surface area contributed by atoms with Gasteiger partial charge in [0, 0.05) is 29.8 Å². The number of pyridine rings is 1. The molecule has 0 saturated heterocycles. The molecule has 1 amide bonds. The average molecular weight is 419 g/mol. The second-order valence-electron chi connectivity index (χ2n) is 5.87. The number of thiazole rings is 1. The van der Waals surface area contributed by atoms with Crippen molar-refractivity contribution in [2.45, 2.75) is 6.42 Å². The summed E-state index contributed by atoms with van der Waals surface area (Å²) in [7, 11) is 0. The van der Waals surface area contributed by atoms with Crippen LogP contribution in [0.2, 0.25) is 10.0 Å². The Morgan fingerprint density at radius 1 is 1.22 bits per heavy atom. The topological polar surface area (TPSA) is 93.5 Å². The predicted octanol–water partition coefficient (Wildman–Crippen LogP) is 4.16. The third-order valence-electron chi connectivity index (χ3n) is 3.96. The monoisotopic (exact) mass is 418 g/mol. The summed E-state index contributed by atoms with van der Waals surface area (Å²) in [6, 6.07) is 6.30. The van der Waals surface area contributed by atoms with Crippen molar-refractivity contribution < 1.29 is 9.90 Å². The Morgan fingerprint density at radius 2 is 2.04 bits per heavy atom. The Labute approximate surface area is 167 Å². The number of amides is 1. The highest BCUT2D eigenvalue weighted by Crippen LogP contribution is 2.28. The number of carbonyl (C=O) groups excluding carboxylic acids is 1. The van der Waals surface area contributed by atoms with E-state index in [1.165, 1.54) is 23.5 Å². The van der Waals surface area contributed by atoms with Crippen molar-refractivity contribution in [2.75, 3.05) is 0 Å². The minimum atomic E-state index is -0.690. The molecule has 9 heteroatoms. The number of imidazole rings is 1. The fourth-order valence-electron chi connectivity index (χ4n) is 2.73. The lowest BCUT2D eigenvalue weighted by molar-refractivity contribution is 0.0998. The van der Waals surface area contributed by atoms with Crippen LogP contribution in [0, 0.1) is 0 Å². The molecule has 0 unspecified atom stereocenters. The third kappa shape index (κ3) is 3.49. The number of benzene rings is 1. The number of hydrogen-bond acceptors (Lipinski definition) is 5. The van der Waals surface area contributed by atoms with Crippen LogP contribution in [-0.2, 0) is 6.42 Å². The lowest BCUT2D eigenvalue weighted by Gasteiger charge is -2.02. The zero-order valence-corrected chi connectivity index (χ0v) is 16.0. The summed E-state index contributed by atoms with van der Waals surface area (Å²) < 4.78 is 1.79. The van der Waals surface area contributed by atoms with Crippen molar-refractivity contribution in [2.24, 2.45) is 5.73 Å². The van der Waals surface area contributed by atoms with Gasteiger partial charge in [-0.15, -0.1) is 11.3 Å². The molecule has 27 heavy (non-hydrogen) atoms. The summed E-state index contributed by atoms with van der Waals surface area (Å²) in [5.74, 6) is -0.841. The first-order valence-electron chi connectivity index (χ1n) is 7.81. The second-order valence-corrected chi connectivity index (χ2v) is 7.66. The molecule has 4 rings (SSSR count). The van der Waals surface area contributed by atoms with Gasteiger partial charge < -0.3 is 15.2 Å². The van der Waals surface area contributed by atoms with Crippen LogP contribution in [0.3, 0.4) is 0 Å². The van der Waals surface area contributed by atoms with Gasteiger partial charge in [-0.3, -0.25) is 4.79 Å². The molecule has 0 aliphatic carbocycles. The smallest absolute Gasteiger partial charge is 0.252 e. The van der Waals surface area contributed by atoms with Gasteiger partial charge in [-0.05, 0) is 24.3 Å². The van der Waals surface area contributed by atoms with Crippen molar-refractivity contribution >= 4 is 46.1 Å². The Hall–Kier alpha value is -2.61. The van der Waals surface area contributed by atoms with E-state index in [9.17, 15) is 9.90 Å². The number of nitrogens with zero attached hydrogens (tertiary/aromatic N) is 3.